The van der Waals surface area contributed by atoms with Crippen molar-refractivity contribution in [2.75, 3.05) is 12.3 Å². The third kappa shape index (κ3) is 19.4. The van der Waals surface area contributed by atoms with Crippen molar-refractivity contribution in [2.24, 2.45) is 0 Å². The molecule has 1 nitrogen and oxygen atoms in total. The average Bonchev–Trinajstić information content (AvgIpc) is 2.38. The van der Waals surface area contributed by atoms with E-state index >= 15 is 0 Å². The molecule has 0 rings (SSSR count). The van der Waals surface area contributed by atoms with E-state index in [1.807, 2.05) is 0 Å². The monoisotopic (exact) mass is 296 g/mol. The van der Waals surface area contributed by atoms with Crippen molar-refractivity contribution in [3.63, 3.8) is 0 Å². The molecule has 19 heavy (non-hydrogen) atoms. The van der Waals surface area contributed by atoms with Crippen molar-refractivity contribution in [1.82, 2.24) is 0 Å². The molecule has 0 atom stereocenters. The summed E-state index contributed by atoms with van der Waals surface area (Å²) in [7, 11) is -0.880. The summed E-state index contributed by atoms with van der Waals surface area (Å²) in [6.07, 6.45) is 17.7. The van der Waals surface area contributed by atoms with E-state index in [0.29, 0.717) is 0 Å². The molecule has 0 aliphatic rings. The van der Waals surface area contributed by atoms with Crippen LogP contribution in [-0.4, -0.2) is 12.3 Å². The van der Waals surface area contributed by atoms with Crippen LogP contribution in [0.4, 0.5) is 0 Å². The number of hydrogen-bond donors (Lipinski definition) is 0. The Bertz CT molecular complexity index is 140. The Hall–Kier alpha value is 1.39. The summed E-state index contributed by atoms with van der Waals surface area (Å²) < 4.78 is 0. The van der Waals surface area contributed by atoms with Gasteiger partial charge in [0, 0.05) is 0 Å². The first kappa shape index (κ1) is 22.7. The zero-order valence-corrected chi connectivity index (χ0v) is 16.6. The fraction of sp³-hybridized carbons (Fsp3) is 1.00. The molecule has 0 radical (unpaired) electrons. The van der Waals surface area contributed by atoms with Crippen molar-refractivity contribution in [3.05, 3.63) is 0 Å². The molecule has 0 N–H and O–H groups in total. The molecular weight excluding hydrogens is 262 g/mol. The SMILES string of the molecule is CCCCCCCCP([O-])CCCCCCCC.[Na+]. The molecule has 3 heteroatoms. The van der Waals surface area contributed by atoms with Crippen LogP contribution in [0.2, 0.25) is 0 Å². The molecule has 0 amide bonds. The zero-order valence-electron chi connectivity index (χ0n) is 13.8. The molecule has 0 spiro atoms. The minimum absolute atomic E-state index is 0. The van der Waals surface area contributed by atoms with Crippen LogP contribution in [-0.2, 0) is 0 Å². The second-order valence-corrected chi connectivity index (χ2v) is 7.32. The second-order valence-electron chi connectivity index (χ2n) is 5.46. The zero-order chi connectivity index (χ0) is 13.5. The molecule has 0 aromatic rings. The molecule has 0 aromatic carbocycles. The Labute approximate surface area is 145 Å². The number of unbranched alkanes of at least 4 members (excludes halogenated alkanes) is 10. The average molecular weight is 296 g/mol. The quantitative estimate of drug-likeness (QED) is 0.274. The third-order valence-corrected chi connectivity index (χ3v) is 5.15. The summed E-state index contributed by atoms with van der Waals surface area (Å²) in [5, 5.41) is 0. The summed E-state index contributed by atoms with van der Waals surface area (Å²) in [6.45, 7) is 4.49. The predicted molar refractivity (Wildman–Crippen MR) is 83.4 cm³/mol. The van der Waals surface area contributed by atoms with Crippen LogP contribution in [0.25, 0.3) is 0 Å². The molecule has 0 aromatic heterocycles. The van der Waals surface area contributed by atoms with Crippen LogP contribution in [0, 0.1) is 0 Å². The van der Waals surface area contributed by atoms with Crippen LogP contribution < -0.4 is 34.5 Å². The summed E-state index contributed by atoms with van der Waals surface area (Å²) >= 11 is 0. The van der Waals surface area contributed by atoms with Gasteiger partial charge in [0.15, 0.2) is 0 Å². The molecule has 0 saturated carbocycles. The molecular formula is C16H34NaOP. The van der Waals surface area contributed by atoms with E-state index in [2.05, 4.69) is 13.8 Å². The van der Waals surface area contributed by atoms with E-state index in [4.69, 9.17) is 0 Å². The van der Waals surface area contributed by atoms with Gasteiger partial charge in [-0.05, 0) is 12.3 Å². The Morgan fingerprint density at radius 1 is 0.579 bits per heavy atom. The van der Waals surface area contributed by atoms with Gasteiger partial charge in [-0.1, -0.05) is 90.9 Å². The summed E-state index contributed by atoms with van der Waals surface area (Å²) in [5.74, 6) is 0. The van der Waals surface area contributed by atoms with Crippen molar-refractivity contribution in [1.29, 1.82) is 0 Å². The minimum Gasteiger partial charge on any atom is -0.829 e. The first-order valence-electron chi connectivity index (χ1n) is 8.23. The maximum atomic E-state index is 11.8. The third-order valence-electron chi connectivity index (χ3n) is 3.52. The van der Waals surface area contributed by atoms with Gasteiger partial charge in [-0.15, -0.1) is 0 Å². The van der Waals surface area contributed by atoms with E-state index in [1.165, 1.54) is 77.0 Å². The van der Waals surface area contributed by atoms with E-state index in [9.17, 15) is 4.89 Å². The molecule has 0 aliphatic carbocycles. The van der Waals surface area contributed by atoms with E-state index in [0.717, 1.165) is 12.3 Å². The number of hydrogen-bond acceptors (Lipinski definition) is 1. The maximum Gasteiger partial charge on any atom is 1.00 e. The summed E-state index contributed by atoms with van der Waals surface area (Å²) in [4.78, 5) is 11.8. The molecule has 0 fully saturated rings. The van der Waals surface area contributed by atoms with E-state index < -0.39 is 8.15 Å². The normalized spacial score (nSPS) is 10.7. The maximum absolute atomic E-state index is 11.8. The molecule has 0 aliphatic heterocycles. The van der Waals surface area contributed by atoms with E-state index in [1.54, 1.807) is 0 Å². The van der Waals surface area contributed by atoms with Crippen molar-refractivity contribution < 1.29 is 34.5 Å². The fourth-order valence-electron chi connectivity index (χ4n) is 2.25. The standard InChI is InChI=1S/C16H34OP.Na/c1-3-5-7-9-11-13-15-18(17)16-14-12-10-8-6-4-2;/h3-16H2,1-2H3;/q-1;+1. The smallest absolute Gasteiger partial charge is 0.829 e. The largest absolute Gasteiger partial charge is 1.00 e. The Kier molecular flexibility index (Phi) is 23.1. The first-order valence-corrected chi connectivity index (χ1v) is 9.86. The molecule has 0 bridgehead atoms. The Balaban J connectivity index is 0. The molecule has 0 unspecified atom stereocenters. The van der Waals surface area contributed by atoms with Crippen LogP contribution in [0.15, 0.2) is 0 Å². The van der Waals surface area contributed by atoms with Crippen molar-refractivity contribution >= 4 is 8.15 Å². The second kappa shape index (κ2) is 19.4. The van der Waals surface area contributed by atoms with Crippen LogP contribution >= 0.6 is 8.15 Å². The molecule has 0 saturated heterocycles. The van der Waals surface area contributed by atoms with Gasteiger partial charge in [-0.25, -0.2) is 8.15 Å². The van der Waals surface area contributed by atoms with Gasteiger partial charge in [0.05, 0.1) is 0 Å². The Morgan fingerprint density at radius 3 is 1.26 bits per heavy atom. The summed E-state index contributed by atoms with van der Waals surface area (Å²) in [5.41, 5.74) is 0. The predicted octanol–water partition coefficient (Wildman–Crippen LogP) is 2.47. The van der Waals surface area contributed by atoms with Crippen LogP contribution in [0.5, 0.6) is 0 Å². The first-order chi connectivity index (χ1) is 8.81. The van der Waals surface area contributed by atoms with Crippen molar-refractivity contribution in [2.45, 2.75) is 90.9 Å². The summed E-state index contributed by atoms with van der Waals surface area (Å²) in [6, 6.07) is 0. The van der Waals surface area contributed by atoms with Crippen molar-refractivity contribution in [3.8, 4) is 0 Å². The van der Waals surface area contributed by atoms with Crippen LogP contribution in [0.3, 0.4) is 0 Å². The number of rotatable bonds is 14. The molecule has 0 heterocycles. The minimum atomic E-state index is -0.880. The van der Waals surface area contributed by atoms with Gasteiger partial charge < -0.3 is 4.89 Å². The van der Waals surface area contributed by atoms with Gasteiger partial charge in [-0.2, -0.15) is 0 Å². The van der Waals surface area contributed by atoms with Gasteiger partial charge >= 0.3 is 29.6 Å². The van der Waals surface area contributed by atoms with Gasteiger partial charge in [0.1, 0.15) is 0 Å². The topological polar surface area (TPSA) is 23.1 Å². The van der Waals surface area contributed by atoms with Gasteiger partial charge in [0.25, 0.3) is 0 Å². The van der Waals surface area contributed by atoms with E-state index in [-0.39, 0.29) is 29.6 Å². The fourth-order valence-corrected chi connectivity index (χ4v) is 3.63. The Morgan fingerprint density at radius 2 is 0.895 bits per heavy atom. The van der Waals surface area contributed by atoms with Gasteiger partial charge in [0.2, 0.25) is 0 Å². The van der Waals surface area contributed by atoms with Crippen LogP contribution in [0.1, 0.15) is 90.9 Å². The van der Waals surface area contributed by atoms with Gasteiger partial charge in [-0.3, -0.25) is 0 Å². The molecule has 110 valence electrons.